The maximum Gasteiger partial charge on any atom is 0.418 e. The van der Waals surface area contributed by atoms with E-state index in [1.165, 1.54) is 31.8 Å². The van der Waals surface area contributed by atoms with E-state index in [0.29, 0.717) is 13.0 Å². The van der Waals surface area contributed by atoms with Crippen molar-refractivity contribution >= 4 is 10.2 Å². The van der Waals surface area contributed by atoms with E-state index in [4.69, 9.17) is 9.47 Å². The first-order valence-corrected chi connectivity index (χ1v) is 8.84. The van der Waals surface area contributed by atoms with Gasteiger partial charge in [-0.15, -0.1) is 0 Å². The number of rotatable bonds is 5. The minimum atomic E-state index is -4.68. The van der Waals surface area contributed by atoms with E-state index >= 15 is 0 Å². The Hall–Kier alpha value is -1.27. The average Bonchev–Trinajstić information content (AvgIpc) is 2.53. The van der Waals surface area contributed by atoms with Crippen molar-refractivity contribution in [1.82, 2.24) is 13.6 Å². The molecule has 0 N–H and O–H groups in total. The zero-order chi connectivity index (χ0) is 18.8. The molecule has 0 unspecified atom stereocenters. The lowest BCUT2D eigenvalue weighted by molar-refractivity contribution is -0.149. The molecule has 0 aromatic carbocycles. The Kier molecular flexibility index (Phi) is 6.05. The van der Waals surface area contributed by atoms with Crippen molar-refractivity contribution < 1.29 is 31.1 Å². The Balaban J connectivity index is 2.37. The Morgan fingerprint density at radius 2 is 1.92 bits per heavy atom. The molecule has 142 valence electrons. The van der Waals surface area contributed by atoms with Crippen LogP contribution >= 0.6 is 0 Å². The van der Waals surface area contributed by atoms with Crippen molar-refractivity contribution in [2.75, 3.05) is 34.4 Å². The summed E-state index contributed by atoms with van der Waals surface area (Å²) in [6, 6.07) is 0.886. The summed E-state index contributed by atoms with van der Waals surface area (Å²) in [5.74, 6) is 0. The topological polar surface area (TPSA) is 72.0 Å². The smallest absolute Gasteiger partial charge is 0.350 e. The van der Waals surface area contributed by atoms with E-state index in [1.807, 2.05) is 0 Å². The fourth-order valence-electron chi connectivity index (χ4n) is 2.60. The van der Waals surface area contributed by atoms with Crippen LogP contribution in [0.5, 0.6) is 0 Å². The molecule has 0 saturated carbocycles. The first-order chi connectivity index (χ1) is 11.6. The monoisotopic (exact) mass is 383 g/mol. The van der Waals surface area contributed by atoms with E-state index in [2.05, 4.69) is 4.98 Å². The fourth-order valence-corrected chi connectivity index (χ4v) is 4.03. The summed E-state index contributed by atoms with van der Waals surface area (Å²) in [6.07, 6.45) is -4.14. The molecule has 1 saturated heterocycles. The quantitative estimate of drug-likeness (QED) is 0.725. The third-order valence-corrected chi connectivity index (χ3v) is 5.83. The third kappa shape index (κ3) is 4.29. The molecular formula is C14H20F3N3O4S. The Labute approximate surface area is 144 Å². The molecule has 0 aliphatic carbocycles. The third-order valence-electron chi connectivity index (χ3n) is 3.89. The van der Waals surface area contributed by atoms with Crippen LogP contribution in [-0.4, -0.2) is 56.4 Å². The van der Waals surface area contributed by atoms with Crippen LogP contribution in [0.1, 0.15) is 29.5 Å². The number of hydrogen-bond acceptors (Lipinski definition) is 5. The number of aromatic nitrogens is 1. The van der Waals surface area contributed by atoms with Gasteiger partial charge in [0.15, 0.2) is 0 Å². The first kappa shape index (κ1) is 20.0. The summed E-state index contributed by atoms with van der Waals surface area (Å²) < 4.78 is 76.6. The van der Waals surface area contributed by atoms with Crippen molar-refractivity contribution in [2.24, 2.45) is 0 Å². The standard InChI is InChI=1S/C14H20F3N3O4S/c1-19-5-4-6-20(25(19,21)22)9-10-7-11(14(15,16)17)12(18-8-10)13(23-2)24-3/h7-8,13H,4-6,9H2,1-3H3. The lowest BCUT2D eigenvalue weighted by atomic mass is 10.1. The number of hydrogen-bond donors (Lipinski definition) is 0. The molecule has 1 aromatic rings. The van der Waals surface area contributed by atoms with Gasteiger partial charge in [-0.2, -0.15) is 30.2 Å². The van der Waals surface area contributed by atoms with Gasteiger partial charge in [-0.1, -0.05) is 0 Å². The van der Waals surface area contributed by atoms with Crippen LogP contribution in [0.25, 0.3) is 0 Å². The Morgan fingerprint density at radius 1 is 1.28 bits per heavy atom. The summed E-state index contributed by atoms with van der Waals surface area (Å²) in [5.41, 5.74) is -1.28. The number of methoxy groups -OCH3 is 2. The second kappa shape index (κ2) is 7.54. The summed E-state index contributed by atoms with van der Waals surface area (Å²) in [7, 11) is 0.177. The minimum absolute atomic E-state index is 0.140. The van der Waals surface area contributed by atoms with Gasteiger partial charge in [0.05, 0.1) is 5.56 Å². The zero-order valence-corrected chi connectivity index (χ0v) is 14.9. The van der Waals surface area contributed by atoms with Crippen LogP contribution in [0, 0.1) is 0 Å². The molecule has 1 aliphatic heterocycles. The molecule has 11 heteroatoms. The van der Waals surface area contributed by atoms with Crippen LogP contribution in [0.4, 0.5) is 13.2 Å². The molecule has 0 spiro atoms. The maximum atomic E-state index is 13.4. The predicted octanol–water partition coefficient (Wildman–Crippen LogP) is 1.77. The molecule has 2 heterocycles. The van der Waals surface area contributed by atoms with Gasteiger partial charge in [0, 0.05) is 47.1 Å². The summed E-state index contributed by atoms with van der Waals surface area (Å²) in [6.45, 7) is 0.440. The highest BCUT2D eigenvalue weighted by molar-refractivity contribution is 7.86. The highest BCUT2D eigenvalue weighted by atomic mass is 32.2. The van der Waals surface area contributed by atoms with E-state index < -0.39 is 33.9 Å². The second-order valence-electron chi connectivity index (χ2n) is 5.59. The SMILES string of the molecule is COC(OC)c1ncc(CN2CCCN(C)S2(=O)=O)cc1C(F)(F)F. The van der Waals surface area contributed by atoms with E-state index in [1.54, 1.807) is 0 Å². The van der Waals surface area contributed by atoms with Gasteiger partial charge in [-0.3, -0.25) is 4.98 Å². The average molecular weight is 383 g/mol. The van der Waals surface area contributed by atoms with Crippen LogP contribution < -0.4 is 0 Å². The molecule has 0 radical (unpaired) electrons. The van der Waals surface area contributed by atoms with Crippen molar-refractivity contribution in [2.45, 2.75) is 25.4 Å². The van der Waals surface area contributed by atoms with Crippen LogP contribution in [-0.2, 0) is 32.4 Å². The van der Waals surface area contributed by atoms with Crippen LogP contribution in [0.2, 0.25) is 0 Å². The van der Waals surface area contributed by atoms with E-state index in [9.17, 15) is 21.6 Å². The molecule has 1 aliphatic rings. The Bertz CT molecular complexity index is 708. The highest BCUT2D eigenvalue weighted by Gasteiger charge is 2.38. The molecule has 1 fully saturated rings. The van der Waals surface area contributed by atoms with Gasteiger partial charge >= 0.3 is 6.18 Å². The van der Waals surface area contributed by atoms with Crippen LogP contribution in [0.3, 0.4) is 0 Å². The molecule has 0 amide bonds. The largest absolute Gasteiger partial charge is 0.418 e. The molecule has 7 nitrogen and oxygen atoms in total. The van der Waals surface area contributed by atoms with Gasteiger partial charge in [-0.25, -0.2) is 0 Å². The van der Waals surface area contributed by atoms with Gasteiger partial charge < -0.3 is 9.47 Å². The maximum absolute atomic E-state index is 13.4. The lowest BCUT2D eigenvalue weighted by Crippen LogP contribution is -2.47. The number of pyridine rings is 1. The van der Waals surface area contributed by atoms with Crippen molar-refractivity contribution in [3.05, 3.63) is 29.1 Å². The highest BCUT2D eigenvalue weighted by Crippen LogP contribution is 2.35. The summed E-state index contributed by atoms with van der Waals surface area (Å²) in [4.78, 5) is 3.81. The number of alkyl halides is 3. The van der Waals surface area contributed by atoms with E-state index in [0.717, 1.165) is 10.4 Å². The molecular weight excluding hydrogens is 363 g/mol. The first-order valence-electron chi connectivity index (χ1n) is 7.44. The summed E-state index contributed by atoms with van der Waals surface area (Å²) >= 11 is 0. The van der Waals surface area contributed by atoms with Crippen LogP contribution in [0.15, 0.2) is 12.3 Å². The number of ether oxygens (including phenoxy) is 2. The molecule has 1 aromatic heterocycles. The van der Waals surface area contributed by atoms with Gasteiger partial charge in [0.2, 0.25) is 6.29 Å². The number of nitrogens with zero attached hydrogens (tertiary/aromatic N) is 3. The molecule has 25 heavy (non-hydrogen) atoms. The van der Waals surface area contributed by atoms with Crippen molar-refractivity contribution in [3.8, 4) is 0 Å². The fraction of sp³-hybridized carbons (Fsp3) is 0.643. The van der Waals surface area contributed by atoms with Gasteiger partial charge in [-0.05, 0) is 18.1 Å². The number of halogens is 3. The Morgan fingerprint density at radius 3 is 2.48 bits per heavy atom. The minimum Gasteiger partial charge on any atom is -0.350 e. The zero-order valence-electron chi connectivity index (χ0n) is 14.1. The van der Waals surface area contributed by atoms with E-state index in [-0.39, 0.29) is 18.7 Å². The lowest BCUT2D eigenvalue weighted by Gasteiger charge is -2.32. The molecule has 2 rings (SSSR count). The molecule has 0 bridgehead atoms. The normalized spacial score (nSPS) is 19.5. The van der Waals surface area contributed by atoms with Crippen molar-refractivity contribution in [3.63, 3.8) is 0 Å². The summed E-state index contributed by atoms with van der Waals surface area (Å²) in [5, 5.41) is 0. The predicted molar refractivity (Wildman–Crippen MR) is 82.6 cm³/mol. The molecule has 0 atom stereocenters. The second-order valence-corrected chi connectivity index (χ2v) is 7.63. The van der Waals surface area contributed by atoms with Gasteiger partial charge in [0.25, 0.3) is 10.2 Å². The van der Waals surface area contributed by atoms with Gasteiger partial charge in [0.1, 0.15) is 5.69 Å². The van der Waals surface area contributed by atoms with Crippen molar-refractivity contribution in [1.29, 1.82) is 0 Å².